The van der Waals surface area contributed by atoms with Gasteiger partial charge in [-0.2, -0.15) is 4.98 Å². The quantitative estimate of drug-likeness (QED) is 0.724. The molecule has 3 rings (SSSR count). The molecule has 0 atom stereocenters. The number of aryl methyl sites for hydroxylation is 3. The lowest BCUT2D eigenvalue weighted by molar-refractivity contribution is 0.390. The van der Waals surface area contributed by atoms with Crippen molar-refractivity contribution in [1.82, 2.24) is 24.3 Å². The average molecular weight is 304 g/mol. The summed E-state index contributed by atoms with van der Waals surface area (Å²) in [5, 5.41) is 3.94. The zero-order valence-corrected chi connectivity index (χ0v) is 12.7. The Morgan fingerprint density at radius 2 is 2.05 bits per heavy atom. The molecule has 116 valence electrons. The number of H-pyrrole nitrogens is 1. The van der Waals surface area contributed by atoms with Gasteiger partial charge in [0, 0.05) is 27.2 Å². The van der Waals surface area contributed by atoms with Gasteiger partial charge in [0.1, 0.15) is 11.5 Å². The number of fused-ring (bicyclic) bond motifs is 1. The summed E-state index contributed by atoms with van der Waals surface area (Å²) in [7, 11) is 5.13. The fourth-order valence-corrected chi connectivity index (χ4v) is 2.44. The Balaban J connectivity index is 2.09. The van der Waals surface area contributed by atoms with Crippen LogP contribution in [-0.2, 0) is 20.6 Å². The molecule has 3 aromatic heterocycles. The number of hydrogen-bond donors (Lipinski definition) is 1. The average Bonchev–Trinajstić information content (AvgIpc) is 3.00. The number of imidazole rings is 1. The van der Waals surface area contributed by atoms with E-state index in [0.717, 1.165) is 11.5 Å². The van der Waals surface area contributed by atoms with Crippen LogP contribution in [0.25, 0.3) is 11.2 Å². The molecule has 0 aliphatic heterocycles. The van der Waals surface area contributed by atoms with Gasteiger partial charge in [-0.25, -0.2) is 4.79 Å². The van der Waals surface area contributed by atoms with Gasteiger partial charge in [-0.1, -0.05) is 5.16 Å². The fourth-order valence-electron chi connectivity index (χ4n) is 2.44. The molecule has 1 N–H and O–H groups in total. The molecular weight excluding hydrogens is 288 g/mol. The van der Waals surface area contributed by atoms with Gasteiger partial charge in [-0.15, -0.1) is 0 Å². The van der Waals surface area contributed by atoms with Gasteiger partial charge >= 0.3 is 5.69 Å². The molecule has 9 nitrogen and oxygen atoms in total. The van der Waals surface area contributed by atoms with Crippen molar-refractivity contribution in [2.24, 2.45) is 14.1 Å². The van der Waals surface area contributed by atoms with E-state index in [2.05, 4.69) is 15.1 Å². The van der Waals surface area contributed by atoms with Gasteiger partial charge in [0.25, 0.3) is 5.56 Å². The molecule has 0 aliphatic carbocycles. The van der Waals surface area contributed by atoms with Crippen molar-refractivity contribution >= 4 is 17.1 Å². The predicted octanol–water partition coefficient (Wildman–Crippen LogP) is -0.107. The lowest BCUT2D eigenvalue weighted by atomic mass is 10.3. The first-order valence-electron chi connectivity index (χ1n) is 6.67. The van der Waals surface area contributed by atoms with Gasteiger partial charge < -0.3 is 14.0 Å². The lowest BCUT2D eigenvalue weighted by Crippen LogP contribution is -2.29. The Bertz CT molecular complexity index is 960. The van der Waals surface area contributed by atoms with Crippen LogP contribution in [0.3, 0.4) is 0 Å². The van der Waals surface area contributed by atoms with Crippen molar-refractivity contribution in [3.8, 4) is 0 Å². The van der Waals surface area contributed by atoms with Crippen LogP contribution in [0.4, 0.5) is 5.95 Å². The smallest absolute Gasteiger partial charge is 0.329 e. The second-order valence-corrected chi connectivity index (χ2v) is 5.25. The largest absolute Gasteiger partial charge is 0.361 e. The van der Waals surface area contributed by atoms with E-state index in [1.807, 2.05) is 24.9 Å². The highest BCUT2D eigenvalue weighted by Gasteiger charge is 2.18. The topological polar surface area (TPSA) is 102 Å². The molecule has 0 radical (unpaired) electrons. The standard InChI is InChI=1S/C13H16N6O3/c1-7-5-8(16-22-7)6-17(2)12-14-10-9(18(12)3)11(20)15-13(21)19(10)4/h5H,6H2,1-4H3,(H,15,20,21). The van der Waals surface area contributed by atoms with Crippen LogP contribution in [0.2, 0.25) is 0 Å². The molecule has 0 spiro atoms. The third-order valence-corrected chi connectivity index (χ3v) is 3.53. The maximum absolute atomic E-state index is 12.0. The number of hydrogen-bond acceptors (Lipinski definition) is 6. The molecule has 0 unspecified atom stereocenters. The summed E-state index contributed by atoms with van der Waals surface area (Å²) >= 11 is 0. The van der Waals surface area contributed by atoms with Gasteiger partial charge in [0.15, 0.2) is 11.2 Å². The molecule has 0 saturated heterocycles. The second-order valence-electron chi connectivity index (χ2n) is 5.25. The Kier molecular flexibility index (Phi) is 3.12. The molecule has 3 heterocycles. The number of aromatic amines is 1. The maximum Gasteiger partial charge on any atom is 0.329 e. The summed E-state index contributed by atoms with van der Waals surface area (Å²) in [6.07, 6.45) is 0. The number of aromatic nitrogens is 5. The van der Waals surface area contributed by atoms with E-state index < -0.39 is 11.2 Å². The van der Waals surface area contributed by atoms with Crippen molar-refractivity contribution in [3.05, 3.63) is 38.4 Å². The summed E-state index contributed by atoms with van der Waals surface area (Å²) in [6.45, 7) is 2.29. The van der Waals surface area contributed by atoms with E-state index in [1.54, 1.807) is 18.7 Å². The van der Waals surface area contributed by atoms with E-state index in [-0.39, 0.29) is 0 Å². The molecule has 9 heteroatoms. The minimum absolute atomic E-state index is 0.342. The lowest BCUT2D eigenvalue weighted by Gasteiger charge is -2.16. The molecule has 3 aromatic rings. The first-order chi connectivity index (χ1) is 10.4. The van der Waals surface area contributed by atoms with E-state index in [9.17, 15) is 9.59 Å². The zero-order valence-electron chi connectivity index (χ0n) is 12.7. The number of rotatable bonds is 3. The van der Waals surface area contributed by atoms with Crippen LogP contribution in [0.5, 0.6) is 0 Å². The summed E-state index contributed by atoms with van der Waals surface area (Å²) in [5.74, 6) is 1.29. The number of nitrogens with zero attached hydrogens (tertiary/aromatic N) is 5. The molecular formula is C13H16N6O3. The molecule has 0 fully saturated rings. The normalized spacial score (nSPS) is 11.3. The summed E-state index contributed by atoms with van der Waals surface area (Å²) in [6, 6.07) is 1.84. The fraction of sp³-hybridized carbons (Fsp3) is 0.385. The predicted molar refractivity (Wildman–Crippen MR) is 79.9 cm³/mol. The molecule has 22 heavy (non-hydrogen) atoms. The molecule has 0 aromatic carbocycles. The third kappa shape index (κ3) is 2.10. The first kappa shape index (κ1) is 14.1. The van der Waals surface area contributed by atoms with Crippen molar-refractivity contribution in [3.63, 3.8) is 0 Å². The van der Waals surface area contributed by atoms with E-state index in [0.29, 0.717) is 23.7 Å². The maximum atomic E-state index is 12.0. The summed E-state index contributed by atoms with van der Waals surface area (Å²) in [5.41, 5.74) is 0.506. The van der Waals surface area contributed by atoms with Crippen LogP contribution in [0.15, 0.2) is 20.2 Å². The van der Waals surface area contributed by atoms with Crippen LogP contribution >= 0.6 is 0 Å². The Morgan fingerprint density at radius 1 is 1.32 bits per heavy atom. The van der Waals surface area contributed by atoms with Crippen LogP contribution in [-0.4, -0.2) is 31.3 Å². The number of nitrogens with one attached hydrogen (secondary N) is 1. The summed E-state index contributed by atoms with van der Waals surface area (Å²) < 4.78 is 8.01. The van der Waals surface area contributed by atoms with E-state index in [4.69, 9.17) is 4.52 Å². The van der Waals surface area contributed by atoms with E-state index >= 15 is 0 Å². The highest BCUT2D eigenvalue weighted by Crippen LogP contribution is 2.18. The van der Waals surface area contributed by atoms with Crippen molar-refractivity contribution < 1.29 is 4.52 Å². The molecule has 0 amide bonds. The minimum Gasteiger partial charge on any atom is -0.361 e. The van der Waals surface area contributed by atoms with Crippen molar-refractivity contribution in [1.29, 1.82) is 0 Å². The Labute approximate surface area is 124 Å². The van der Waals surface area contributed by atoms with Gasteiger partial charge in [0.05, 0.1) is 6.54 Å². The van der Waals surface area contributed by atoms with E-state index in [1.165, 1.54) is 4.57 Å². The van der Waals surface area contributed by atoms with Gasteiger partial charge in [-0.3, -0.25) is 14.3 Å². The summed E-state index contributed by atoms with van der Waals surface area (Å²) in [4.78, 5) is 32.2. The first-order valence-corrected chi connectivity index (χ1v) is 6.67. The van der Waals surface area contributed by atoms with Crippen molar-refractivity contribution in [2.75, 3.05) is 11.9 Å². The van der Waals surface area contributed by atoms with Crippen LogP contribution in [0, 0.1) is 6.92 Å². The highest BCUT2D eigenvalue weighted by molar-refractivity contribution is 5.74. The molecule has 0 bridgehead atoms. The third-order valence-electron chi connectivity index (χ3n) is 3.53. The second kappa shape index (κ2) is 4.86. The Morgan fingerprint density at radius 3 is 2.68 bits per heavy atom. The highest BCUT2D eigenvalue weighted by atomic mass is 16.5. The molecule has 0 aliphatic rings. The number of anilines is 1. The van der Waals surface area contributed by atoms with Crippen molar-refractivity contribution in [2.45, 2.75) is 13.5 Å². The minimum atomic E-state index is -0.489. The van der Waals surface area contributed by atoms with Crippen LogP contribution in [0.1, 0.15) is 11.5 Å². The Hall–Kier alpha value is -2.84. The SMILES string of the molecule is Cc1cc(CN(C)c2nc3c(c(=O)[nH]c(=O)n3C)n2C)no1. The van der Waals surface area contributed by atoms with Gasteiger partial charge in [0.2, 0.25) is 5.95 Å². The van der Waals surface area contributed by atoms with Gasteiger partial charge in [-0.05, 0) is 6.92 Å². The molecule has 0 saturated carbocycles. The van der Waals surface area contributed by atoms with Crippen LogP contribution < -0.4 is 16.1 Å². The monoisotopic (exact) mass is 304 g/mol. The zero-order chi connectivity index (χ0) is 16.0.